The third-order valence-corrected chi connectivity index (χ3v) is 5.06. The first kappa shape index (κ1) is 14.0. The maximum atomic E-state index is 5.98. The molecule has 2 bridgehead atoms. The average Bonchev–Trinajstić information content (AvgIpc) is 2.56. The van der Waals surface area contributed by atoms with Gasteiger partial charge in [0.2, 0.25) is 0 Å². The molecule has 4 heteroatoms. The van der Waals surface area contributed by atoms with E-state index in [1.54, 1.807) is 0 Å². The van der Waals surface area contributed by atoms with Crippen molar-refractivity contribution in [1.82, 2.24) is 9.88 Å². The Bertz CT molecular complexity index is 656. The van der Waals surface area contributed by atoms with Crippen LogP contribution in [0.15, 0.2) is 42.7 Å². The number of benzene rings is 1. The molecular formula is C18H20ClN3. The summed E-state index contributed by atoms with van der Waals surface area (Å²) >= 11 is 5.98. The molecule has 2 aliphatic rings. The van der Waals surface area contributed by atoms with Gasteiger partial charge in [-0.3, -0.25) is 9.88 Å². The van der Waals surface area contributed by atoms with Crippen molar-refractivity contribution in [2.24, 2.45) is 0 Å². The molecule has 0 radical (unpaired) electrons. The van der Waals surface area contributed by atoms with Gasteiger partial charge in [-0.25, -0.2) is 0 Å². The zero-order chi connectivity index (χ0) is 14.9. The first-order valence-corrected chi connectivity index (χ1v) is 8.37. The van der Waals surface area contributed by atoms with Gasteiger partial charge in [-0.05, 0) is 43.1 Å². The summed E-state index contributed by atoms with van der Waals surface area (Å²) in [4.78, 5) is 9.60. The largest absolute Gasteiger partial charge is 0.365 e. The predicted octanol–water partition coefficient (Wildman–Crippen LogP) is 3.69. The molecule has 22 heavy (non-hydrogen) atoms. The summed E-state index contributed by atoms with van der Waals surface area (Å²) in [7, 11) is 0. The first-order chi connectivity index (χ1) is 10.8. The lowest BCUT2D eigenvalue weighted by atomic mass is 10.00. The molecule has 3 nitrogen and oxygen atoms in total. The Morgan fingerprint density at radius 3 is 2.73 bits per heavy atom. The van der Waals surface area contributed by atoms with Crippen LogP contribution in [-0.2, 0) is 0 Å². The second-order valence-corrected chi connectivity index (χ2v) is 6.67. The normalized spacial score (nSPS) is 24.3. The van der Waals surface area contributed by atoms with Crippen LogP contribution in [0.3, 0.4) is 0 Å². The number of aromatic nitrogens is 1. The van der Waals surface area contributed by atoms with Crippen LogP contribution in [0.4, 0.5) is 5.69 Å². The lowest BCUT2D eigenvalue weighted by Crippen LogP contribution is -2.56. The van der Waals surface area contributed by atoms with Gasteiger partial charge in [0.25, 0.3) is 0 Å². The maximum absolute atomic E-state index is 5.98. The van der Waals surface area contributed by atoms with Crippen LogP contribution < -0.4 is 4.90 Å². The van der Waals surface area contributed by atoms with Crippen LogP contribution >= 0.6 is 11.6 Å². The van der Waals surface area contributed by atoms with Gasteiger partial charge in [-0.15, -0.1) is 0 Å². The summed E-state index contributed by atoms with van der Waals surface area (Å²) in [6, 6.07) is 10.9. The number of piperidine rings is 1. The number of nitrogens with zero attached hydrogens (tertiary/aromatic N) is 3. The standard InChI is InChI=1S/C18H20ClN3/c19-16-5-3-14(4-6-16)15-10-18(12-20-11-15)22-9-8-21-7-1-2-17(22)13-21/h3-6,10-12,17H,1-2,7-9,13H2. The third kappa shape index (κ3) is 2.71. The highest BCUT2D eigenvalue weighted by Gasteiger charge is 2.30. The Labute approximate surface area is 136 Å². The monoisotopic (exact) mass is 313 g/mol. The van der Waals surface area contributed by atoms with Crippen molar-refractivity contribution in [3.05, 3.63) is 47.7 Å². The summed E-state index contributed by atoms with van der Waals surface area (Å²) in [5.41, 5.74) is 3.58. The van der Waals surface area contributed by atoms with Crippen LogP contribution in [-0.4, -0.2) is 42.1 Å². The lowest BCUT2D eigenvalue weighted by Gasteiger charge is -2.46. The summed E-state index contributed by atoms with van der Waals surface area (Å²) in [5.74, 6) is 0. The second-order valence-electron chi connectivity index (χ2n) is 6.23. The fourth-order valence-corrected chi connectivity index (χ4v) is 3.77. The highest BCUT2D eigenvalue weighted by Crippen LogP contribution is 2.29. The molecule has 114 valence electrons. The van der Waals surface area contributed by atoms with E-state index < -0.39 is 0 Å². The molecule has 2 aliphatic heterocycles. The van der Waals surface area contributed by atoms with Crippen molar-refractivity contribution >= 4 is 17.3 Å². The van der Waals surface area contributed by atoms with Gasteiger partial charge in [0.05, 0.1) is 11.9 Å². The predicted molar refractivity (Wildman–Crippen MR) is 91.5 cm³/mol. The van der Waals surface area contributed by atoms with Crippen molar-refractivity contribution in [2.45, 2.75) is 18.9 Å². The number of anilines is 1. The van der Waals surface area contributed by atoms with E-state index in [0.29, 0.717) is 6.04 Å². The number of hydrogen-bond acceptors (Lipinski definition) is 3. The molecule has 2 saturated heterocycles. The first-order valence-electron chi connectivity index (χ1n) is 7.99. The highest BCUT2D eigenvalue weighted by molar-refractivity contribution is 6.30. The van der Waals surface area contributed by atoms with E-state index in [9.17, 15) is 0 Å². The van der Waals surface area contributed by atoms with E-state index in [0.717, 1.165) is 17.1 Å². The smallest absolute Gasteiger partial charge is 0.0562 e. The van der Waals surface area contributed by atoms with Gasteiger partial charge in [0, 0.05) is 42.5 Å². The van der Waals surface area contributed by atoms with Crippen molar-refractivity contribution in [2.75, 3.05) is 31.1 Å². The summed E-state index contributed by atoms with van der Waals surface area (Å²) in [6.07, 6.45) is 6.54. The molecule has 0 N–H and O–H groups in total. The number of fused-ring (bicyclic) bond motifs is 2. The Morgan fingerprint density at radius 1 is 1.00 bits per heavy atom. The number of piperazine rings is 1. The van der Waals surface area contributed by atoms with E-state index in [2.05, 4.69) is 33.0 Å². The second kappa shape index (κ2) is 5.90. The molecule has 2 aromatic rings. The van der Waals surface area contributed by atoms with Crippen LogP contribution in [0.25, 0.3) is 11.1 Å². The van der Waals surface area contributed by atoms with E-state index in [1.807, 2.05) is 24.5 Å². The summed E-state index contributed by atoms with van der Waals surface area (Å²) < 4.78 is 0. The lowest BCUT2D eigenvalue weighted by molar-refractivity contribution is 0.174. The minimum atomic E-state index is 0.643. The van der Waals surface area contributed by atoms with Crippen molar-refractivity contribution in [3.63, 3.8) is 0 Å². The van der Waals surface area contributed by atoms with E-state index >= 15 is 0 Å². The Kier molecular flexibility index (Phi) is 3.77. The van der Waals surface area contributed by atoms with E-state index in [1.165, 1.54) is 43.7 Å². The van der Waals surface area contributed by atoms with Gasteiger partial charge in [0.15, 0.2) is 0 Å². The highest BCUT2D eigenvalue weighted by atomic mass is 35.5. The van der Waals surface area contributed by atoms with Gasteiger partial charge in [-0.2, -0.15) is 0 Å². The minimum absolute atomic E-state index is 0.643. The van der Waals surface area contributed by atoms with E-state index in [-0.39, 0.29) is 0 Å². The molecule has 2 atom stereocenters. The quantitative estimate of drug-likeness (QED) is 0.843. The molecule has 0 spiro atoms. The molecule has 2 fully saturated rings. The summed E-state index contributed by atoms with van der Waals surface area (Å²) in [5, 5.41) is 0.770. The SMILES string of the molecule is Clc1ccc(-c2cncc(N3CCN4CCCC3C4)c2)cc1. The fourth-order valence-electron chi connectivity index (χ4n) is 3.65. The van der Waals surface area contributed by atoms with Gasteiger partial charge in [-0.1, -0.05) is 23.7 Å². The van der Waals surface area contributed by atoms with Crippen LogP contribution in [0.5, 0.6) is 0 Å². The Morgan fingerprint density at radius 2 is 1.86 bits per heavy atom. The van der Waals surface area contributed by atoms with E-state index in [4.69, 9.17) is 11.6 Å². The van der Waals surface area contributed by atoms with Crippen LogP contribution in [0.2, 0.25) is 5.02 Å². The Hall–Kier alpha value is -1.58. The van der Waals surface area contributed by atoms with Crippen LogP contribution in [0, 0.1) is 0 Å². The molecule has 1 aromatic heterocycles. The maximum Gasteiger partial charge on any atom is 0.0562 e. The zero-order valence-corrected chi connectivity index (χ0v) is 13.3. The van der Waals surface area contributed by atoms with Gasteiger partial charge < -0.3 is 4.90 Å². The molecular weight excluding hydrogens is 294 g/mol. The van der Waals surface area contributed by atoms with Gasteiger partial charge >= 0.3 is 0 Å². The molecule has 0 saturated carbocycles. The number of hydrogen-bond donors (Lipinski definition) is 0. The number of halogens is 1. The molecule has 4 rings (SSSR count). The molecule has 0 amide bonds. The topological polar surface area (TPSA) is 19.4 Å². The Balaban J connectivity index is 1.62. The minimum Gasteiger partial charge on any atom is -0.365 e. The molecule has 0 aliphatic carbocycles. The van der Waals surface area contributed by atoms with Crippen molar-refractivity contribution in [1.29, 1.82) is 0 Å². The van der Waals surface area contributed by atoms with Crippen LogP contribution in [0.1, 0.15) is 12.8 Å². The average molecular weight is 314 g/mol. The third-order valence-electron chi connectivity index (χ3n) is 4.81. The molecule has 3 heterocycles. The van der Waals surface area contributed by atoms with Crippen molar-refractivity contribution < 1.29 is 0 Å². The molecule has 1 aromatic carbocycles. The van der Waals surface area contributed by atoms with Crippen molar-refractivity contribution in [3.8, 4) is 11.1 Å². The van der Waals surface area contributed by atoms with Gasteiger partial charge in [0.1, 0.15) is 0 Å². The molecule has 2 unspecified atom stereocenters. The number of pyridine rings is 1. The number of rotatable bonds is 2. The zero-order valence-electron chi connectivity index (χ0n) is 12.6. The summed E-state index contributed by atoms with van der Waals surface area (Å²) in [6.45, 7) is 4.75. The fraction of sp³-hybridized carbons (Fsp3) is 0.389.